The van der Waals surface area contributed by atoms with E-state index in [0.29, 0.717) is 31.7 Å². The molecular formula is C23H25BrN4O3. The first-order valence-corrected chi connectivity index (χ1v) is 11.2. The van der Waals surface area contributed by atoms with Gasteiger partial charge in [-0.25, -0.2) is 0 Å². The second-order valence-electron chi connectivity index (χ2n) is 7.72. The number of amides is 3. The summed E-state index contributed by atoms with van der Waals surface area (Å²) in [5.74, 6) is -0.592. The number of hydrogen-bond acceptors (Lipinski definition) is 4. The number of hydrogen-bond donors (Lipinski definition) is 1. The van der Waals surface area contributed by atoms with Gasteiger partial charge in [-0.2, -0.15) is 0 Å². The van der Waals surface area contributed by atoms with Crippen molar-refractivity contribution in [3.63, 3.8) is 0 Å². The Morgan fingerprint density at radius 3 is 2.29 bits per heavy atom. The lowest BCUT2D eigenvalue weighted by molar-refractivity contribution is -0.138. The molecule has 0 saturated carbocycles. The first-order chi connectivity index (χ1) is 15.0. The van der Waals surface area contributed by atoms with Crippen molar-refractivity contribution >= 4 is 39.3 Å². The second-order valence-corrected chi connectivity index (χ2v) is 8.64. The van der Waals surface area contributed by atoms with E-state index in [1.807, 2.05) is 18.2 Å². The predicted octanol–water partition coefficient (Wildman–Crippen LogP) is 2.13. The van der Waals surface area contributed by atoms with Crippen LogP contribution in [0.15, 0.2) is 59.1 Å². The van der Waals surface area contributed by atoms with Gasteiger partial charge in [0.2, 0.25) is 11.8 Å². The van der Waals surface area contributed by atoms with Gasteiger partial charge in [-0.1, -0.05) is 34.1 Å². The van der Waals surface area contributed by atoms with Gasteiger partial charge in [0, 0.05) is 55.0 Å². The maximum Gasteiger partial charge on any atom is 0.254 e. The van der Waals surface area contributed by atoms with Crippen LogP contribution < -0.4 is 10.2 Å². The average Bonchev–Trinajstić information content (AvgIpc) is 2.81. The van der Waals surface area contributed by atoms with Crippen LogP contribution in [0, 0.1) is 0 Å². The summed E-state index contributed by atoms with van der Waals surface area (Å²) in [4.78, 5) is 44.1. The van der Waals surface area contributed by atoms with Gasteiger partial charge in [-0.3, -0.25) is 14.4 Å². The van der Waals surface area contributed by atoms with Crippen LogP contribution in [-0.2, 0) is 9.59 Å². The van der Waals surface area contributed by atoms with Crippen LogP contribution in [-0.4, -0.2) is 72.8 Å². The summed E-state index contributed by atoms with van der Waals surface area (Å²) in [5.41, 5.74) is 1.65. The Morgan fingerprint density at radius 2 is 1.61 bits per heavy atom. The minimum atomic E-state index is -0.787. The number of carbonyl (C=O) groups is 3. The van der Waals surface area contributed by atoms with Crippen molar-refractivity contribution < 1.29 is 14.4 Å². The summed E-state index contributed by atoms with van der Waals surface area (Å²) >= 11 is 3.37. The zero-order valence-corrected chi connectivity index (χ0v) is 18.8. The van der Waals surface area contributed by atoms with Crippen LogP contribution in [0.25, 0.3) is 0 Å². The summed E-state index contributed by atoms with van der Waals surface area (Å²) in [6, 6.07) is 16.4. The van der Waals surface area contributed by atoms with Gasteiger partial charge in [0.05, 0.1) is 6.42 Å². The molecule has 0 aliphatic carbocycles. The third-order valence-electron chi connectivity index (χ3n) is 5.80. The SMILES string of the molecule is O=C1NCCN(C(=O)c2ccc(Br)cc2)C1CC(=O)N1CCN(c2ccccc2)CC1. The smallest absolute Gasteiger partial charge is 0.254 e. The second kappa shape index (κ2) is 9.51. The van der Waals surface area contributed by atoms with Crippen molar-refractivity contribution in [3.05, 3.63) is 64.6 Å². The van der Waals surface area contributed by atoms with Gasteiger partial charge >= 0.3 is 0 Å². The predicted molar refractivity (Wildman–Crippen MR) is 122 cm³/mol. The van der Waals surface area contributed by atoms with Crippen molar-refractivity contribution in [1.29, 1.82) is 0 Å². The van der Waals surface area contributed by atoms with Gasteiger partial charge in [-0.05, 0) is 36.4 Å². The van der Waals surface area contributed by atoms with Gasteiger partial charge in [0.1, 0.15) is 6.04 Å². The van der Waals surface area contributed by atoms with Gasteiger partial charge in [0.25, 0.3) is 5.91 Å². The number of anilines is 1. The molecule has 2 fully saturated rings. The first kappa shape index (κ1) is 21.4. The van der Waals surface area contributed by atoms with Crippen molar-refractivity contribution in [3.8, 4) is 0 Å². The molecule has 7 nitrogen and oxygen atoms in total. The highest BCUT2D eigenvalue weighted by molar-refractivity contribution is 9.10. The summed E-state index contributed by atoms with van der Waals surface area (Å²) < 4.78 is 0.877. The molecule has 0 aromatic heterocycles. The van der Waals surface area contributed by atoms with E-state index in [1.54, 1.807) is 29.2 Å². The van der Waals surface area contributed by atoms with E-state index in [1.165, 1.54) is 4.90 Å². The highest BCUT2D eigenvalue weighted by Crippen LogP contribution is 2.19. The molecule has 162 valence electrons. The van der Waals surface area contributed by atoms with E-state index >= 15 is 0 Å². The fourth-order valence-corrected chi connectivity index (χ4v) is 4.33. The zero-order valence-electron chi connectivity index (χ0n) is 17.2. The molecule has 2 heterocycles. The van der Waals surface area contributed by atoms with Crippen molar-refractivity contribution in [2.75, 3.05) is 44.2 Å². The number of nitrogens with zero attached hydrogens (tertiary/aromatic N) is 3. The van der Waals surface area contributed by atoms with E-state index in [4.69, 9.17) is 0 Å². The molecule has 4 rings (SSSR count). The Labute approximate surface area is 190 Å². The molecule has 31 heavy (non-hydrogen) atoms. The number of halogens is 1. The maximum atomic E-state index is 13.0. The molecule has 1 unspecified atom stereocenters. The molecule has 0 spiro atoms. The zero-order chi connectivity index (χ0) is 21.8. The molecule has 1 N–H and O–H groups in total. The van der Waals surface area contributed by atoms with E-state index in [9.17, 15) is 14.4 Å². The van der Waals surface area contributed by atoms with Crippen molar-refractivity contribution in [2.24, 2.45) is 0 Å². The van der Waals surface area contributed by atoms with E-state index in [-0.39, 0.29) is 24.1 Å². The number of benzene rings is 2. The molecular weight excluding hydrogens is 460 g/mol. The summed E-state index contributed by atoms with van der Waals surface area (Å²) in [6.07, 6.45) is -0.000557. The van der Waals surface area contributed by atoms with Crippen LogP contribution >= 0.6 is 15.9 Å². The van der Waals surface area contributed by atoms with E-state index in [0.717, 1.165) is 23.2 Å². The van der Waals surface area contributed by atoms with Crippen molar-refractivity contribution in [2.45, 2.75) is 12.5 Å². The third-order valence-corrected chi connectivity index (χ3v) is 6.33. The first-order valence-electron chi connectivity index (χ1n) is 10.4. The fraction of sp³-hybridized carbons (Fsp3) is 0.348. The fourth-order valence-electron chi connectivity index (χ4n) is 4.07. The van der Waals surface area contributed by atoms with Crippen LogP contribution in [0.1, 0.15) is 16.8 Å². The molecule has 1 atom stereocenters. The highest BCUT2D eigenvalue weighted by Gasteiger charge is 2.36. The van der Waals surface area contributed by atoms with Crippen LogP contribution in [0.3, 0.4) is 0 Å². The standard InChI is InChI=1S/C23H25BrN4O3/c24-18-8-6-17(7-9-18)23(31)28-11-10-25-22(30)20(28)16-21(29)27-14-12-26(13-15-27)19-4-2-1-3-5-19/h1-9,20H,10-16H2,(H,25,30). The Hall–Kier alpha value is -2.87. The quantitative estimate of drug-likeness (QED) is 0.721. The molecule has 2 aromatic carbocycles. The number of piperazine rings is 2. The molecule has 2 saturated heterocycles. The molecule has 0 bridgehead atoms. The Kier molecular flexibility index (Phi) is 6.56. The number of carbonyl (C=O) groups excluding carboxylic acids is 3. The third kappa shape index (κ3) is 4.90. The molecule has 2 aliphatic rings. The lowest BCUT2D eigenvalue weighted by Crippen LogP contribution is -2.59. The highest BCUT2D eigenvalue weighted by atomic mass is 79.9. The Bertz CT molecular complexity index is 943. The summed E-state index contributed by atoms with van der Waals surface area (Å²) in [6.45, 7) is 3.47. The van der Waals surface area contributed by atoms with E-state index < -0.39 is 6.04 Å². The monoisotopic (exact) mass is 484 g/mol. The average molecular weight is 485 g/mol. The largest absolute Gasteiger partial charge is 0.368 e. The van der Waals surface area contributed by atoms with Crippen LogP contribution in [0.2, 0.25) is 0 Å². The normalized spacial score (nSPS) is 19.2. The van der Waals surface area contributed by atoms with Crippen molar-refractivity contribution in [1.82, 2.24) is 15.1 Å². The number of rotatable bonds is 4. The number of nitrogens with one attached hydrogen (secondary N) is 1. The summed E-state index contributed by atoms with van der Waals surface area (Å²) in [5, 5.41) is 2.80. The van der Waals surface area contributed by atoms with Crippen LogP contribution in [0.4, 0.5) is 5.69 Å². The lowest BCUT2D eigenvalue weighted by atomic mass is 10.1. The Balaban J connectivity index is 1.40. The maximum absolute atomic E-state index is 13.0. The van der Waals surface area contributed by atoms with E-state index in [2.05, 4.69) is 38.3 Å². The summed E-state index contributed by atoms with van der Waals surface area (Å²) in [7, 11) is 0. The molecule has 8 heteroatoms. The minimum Gasteiger partial charge on any atom is -0.368 e. The number of para-hydroxylation sites is 1. The van der Waals surface area contributed by atoms with Gasteiger partial charge in [-0.15, -0.1) is 0 Å². The van der Waals surface area contributed by atoms with Crippen LogP contribution in [0.5, 0.6) is 0 Å². The molecule has 3 amide bonds. The topological polar surface area (TPSA) is 73.0 Å². The minimum absolute atomic E-state index is 0.000557. The lowest BCUT2D eigenvalue weighted by Gasteiger charge is -2.39. The Morgan fingerprint density at radius 1 is 0.935 bits per heavy atom. The van der Waals surface area contributed by atoms with Gasteiger partial charge in [0.15, 0.2) is 0 Å². The molecule has 2 aromatic rings. The molecule has 0 radical (unpaired) electrons. The molecule has 2 aliphatic heterocycles. The van der Waals surface area contributed by atoms with Gasteiger partial charge < -0.3 is 20.0 Å².